The van der Waals surface area contributed by atoms with Gasteiger partial charge in [-0.2, -0.15) is 0 Å². The first-order valence-corrected chi connectivity index (χ1v) is 17.0. The van der Waals surface area contributed by atoms with E-state index in [0.717, 1.165) is 22.5 Å². The van der Waals surface area contributed by atoms with Gasteiger partial charge in [-0.3, -0.25) is 4.57 Å². The van der Waals surface area contributed by atoms with Gasteiger partial charge >= 0.3 is 0 Å². The average Bonchev–Trinajstić information content (AvgIpc) is 3.60. The molecule has 0 bridgehead atoms. The molecule has 4 nitrogen and oxygen atoms in total. The maximum Gasteiger partial charge on any atom is 0.111 e. The molecule has 0 amide bonds. The molecule has 0 spiro atoms. The number of nitrogens with two attached hydrogens (primary N) is 1. The number of aromatic nitrogens is 1. The first kappa shape index (κ1) is 32.1. The van der Waals surface area contributed by atoms with Gasteiger partial charge in [0.05, 0.1) is 16.6 Å². The van der Waals surface area contributed by atoms with E-state index in [9.17, 15) is 0 Å². The van der Waals surface area contributed by atoms with Crippen molar-refractivity contribution in [1.29, 1.82) is 0 Å². The molecular weight excluding hydrogens is 597 g/mol. The van der Waals surface area contributed by atoms with E-state index in [1.165, 1.54) is 62.2 Å². The molecule has 8 rings (SSSR count). The summed E-state index contributed by atoms with van der Waals surface area (Å²) in [7, 11) is 3.55. The average molecular weight is 641 g/mol. The van der Waals surface area contributed by atoms with Crippen molar-refractivity contribution in [3.05, 3.63) is 173 Å². The van der Waals surface area contributed by atoms with Crippen LogP contribution in [0.1, 0.15) is 47.2 Å². The van der Waals surface area contributed by atoms with Crippen LogP contribution in [-0.4, -0.2) is 25.2 Å². The Morgan fingerprint density at radius 3 is 2.14 bits per heavy atom. The van der Waals surface area contributed by atoms with Crippen LogP contribution in [0.15, 0.2) is 140 Å². The summed E-state index contributed by atoms with van der Waals surface area (Å²) in [6.07, 6.45) is 8.36. The minimum absolute atomic E-state index is 0.0730. The fourth-order valence-corrected chi connectivity index (χ4v) is 8.16. The van der Waals surface area contributed by atoms with Gasteiger partial charge in [-0.25, -0.2) is 0 Å². The Labute approximate surface area is 290 Å². The van der Waals surface area contributed by atoms with Gasteiger partial charge in [0.25, 0.3) is 0 Å². The maximum absolute atomic E-state index is 4.50. The van der Waals surface area contributed by atoms with Gasteiger partial charge in [-0.15, -0.1) is 0 Å². The third-order valence-electron chi connectivity index (χ3n) is 10.5. The zero-order valence-corrected chi connectivity index (χ0v) is 28.8. The molecule has 4 N–H and O–H groups in total. The van der Waals surface area contributed by atoms with Crippen LogP contribution in [0.5, 0.6) is 0 Å². The van der Waals surface area contributed by atoms with Crippen LogP contribution in [0.3, 0.4) is 0 Å². The molecule has 0 saturated heterocycles. The zero-order chi connectivity index (χ0) is 34.3. The second-order valence-electron chi connectivity index (χ2n) is 13.2. The largest absolute Gasteiger partial charge is 0.367 e. The predicted octanol–water partition coefficient (Wildman–Crippen LogP) is 9.45. The first-order chi connectivity index (χ1) is 23.9. The fraction of sp³-hybridized carbons (Fsp3) is 0.156. The quantitative estimate of drug-likeness (QED) is 0.163. The molecule has 5 aromatic carbocycles. The van der Waals surface area contributed by atoms with Crippen LogP contribution in [-0.2, 0) is 11.0 Å². The van der Waals surface area contributed by atoms with E-state index < -0.39 is 5.54 Å². The van der Waals surface area contributed by atoms with E-state index in [-0.39, 0.29) is 5.41 Å². The molecule has 2 heterocycles. The molecule has 1 aliphatic carbocycles. The van der Waals surface area contributed by atoms with Crippen LogP contribution < -0.4 is 16.4 Å². The van der Waals surface area contributed by atoms with Crippen LogP contribution in [0.4, 0.5) is 0 Å². The van der Waals surface area contributed by atoms with Gasteiger partial charge < -0.3 is 16.4 Å². The number of hydrogen-bond donors (Lipinski definition) is 3. The molecule has 2 aliphatic rings. The predicted molar refractivity (Wildman–Crippen MR) is 210 cm³/mol. The van der Waals surface area contributed by atoms with Crippen LogP contribution >= 0.6 is 0 Å². The van der Waals surface area contributed by atoms with Gasteiger partial charge in [-0.1, -0.05) is 130 Å². The molecule has 0 fully saturated rings. The molecule has 49 heavy (non-hydrogen) atoms. The maximum atomic E-state index is 4.50. The summed E-state index contributed by atoms with van der Waals surface area (Å²) in [6, 6.07) is 39.8. The number of likely N-dealkylation sites (N-methyl/N-ethyl adjacent to an activating group) is 1. The van der Waals surface area contributed by atoms with Crippen molar-refractivity contribution in [2.45, 2.75) is 24.8 Å². The molecule has 244 valence electrons. The molecule has 0 radical (unpaired) electrons. The number of nitrogens with one attached hydrogen (secondary N) is 2. The van der Waals surface area contributed by atoms with E-state index in [4.69, 9.17) is 0 Å². The number of dihydropyridines is 1. The molecule has 1 aromatic heterocycles. The van der Waals surface area contributed by atoms with Crippen molar-refractivity contribution < 1.29 is 0 Å². The zero-order valence-electron chi connectivity index (χ0n) is 28.8. The Balaban J connectivity index is 0.00000186. The van der Waals surface area contributed by atoms with Crippen molar-refractivity contribution >= 4 is 39.8 Å². The number of rotatable bonds is 7. The van der Waals surface area contributed by atoms with Crippen LogP contribution in [0.2, 0.25) is 0 Å². The van der Waals surface area contributed by atoms with E-state index in [1.54, 1.807) is 0 Å². The Morgan fingerprint density at radius 2 is 1.43 bits per heavy atom. The first-order valence-electron chi connectivity index (χ1n) is 17.0. The lowest BCUT2D eigenvalue weighted by atomic mass is 9.75. The van der Waals surface area contributed by atoms with Crippen molar-refractivity contribution in [2.24, 2.45) is 5.73 Å². The number of benzene rings is 5. The second-order valence-corrected chi connectivity index (χ2v) is 13.2. The molecule has 6 aromatic rings. The van der Waals surface area contributed by atoms with Crippen LogP contribution in [0.25, 0.3) is 50.9 Å². The summed E-state index contributed by atoms with van der Waals surface area (Å²) in [5, 5.41) is 10.2. The van der Waals surface area contributed by atoms with E-state index >= 15 is 0 Å². The van der Waals surface area contributed by atoms with Crippen molar-refractivity contribution in [3.8, 4) is 11.1 Å². The SMILES string of the molecule is C=Cc1ccc(C(NC)(C2=CC=C(n3c4ccccc4c4cc5c(cc43)C(C)(C)c3ccccc3-5)NC2)c2ccccc2)cc1C=C.CN. The summed E-state index contributed by atoms with van der Waals surface area (Å²) in [4.78, 5) is 0. The van der Waals surface area contributed by atoms with Gasteiger partial charge in [0, 0.05) is 22.7 Å². The highest BCUT2D eigenvalue weighted by Crippen LogP contribution is 2.51. The summed E-state index contributed by atoms with van der Waals surface area (Å²) in [6.45, 7) is 13.5. The highest BCUT2D eigenvalue weighted by molar-refractivity contribution is 6.12. The molecule has 1 atom stereocenters. The third-order valence-corrected chi connectivity index (χ3v) is 10.5. The Morgan fingerprint density at radius 1 is 0.714 bits per heavy atom. The van der Waals surface area contributed by atoms with Gasteiger partial charge in [0.1, 0.15) is 5.82 Å². The minimum atomic E-state index is -0.550. The lowest BCUT2D eigenvalue weighted by molar-refractivity contribution is 0.498. The van der Waals surface area contributed by atoms with Crippen molar-refractivity contribution in [1.82, 2.24) is 15.2 Å². The minimum Gasteiger partial charge on any atom is -0.367 e. The monoisotopic (exact) mass is 640 g/mol. The number of nitrogens with zero attached hydrogens (tertiary/aromatic N) is 1. The van der Waals surface area contributed by atoms with Gasteiger partial charge in [-0.05, 0) is 94.5 Å². The van der Waals surface area contributed by atoms with E-state index in [1.807, 2.05) is 12.2 Å². The Kier molecular flexibility index (Phi) is 8.23. The smallest absolute Gasteiger partial charge is 0.111 e. The number of para-hydroxylation sites is 1. The summed E-state index contributed by atoms with van der Waals surface area (Å²) >= 11 is 0. The standard InChI is InChI=1S/C44H39N3.CH5N/c1-6-29-21-22-32(25-30(29)7-2)44(45-5,31-15-9-8-10-16-31)33-23-24-42(46-28-33)47-40-20-14-12-18-35(40)37-26-36-34-17-11-13-19-38(34)43(3,4)39(36)27-41(37)47;1-2/h6-27,45-46H,1-2,28H2,3-5H3;2H2,1H3. The highest BCUT2D eigenvalue weighted by atomic mass is 15.2. The Bertz CT molecular complexity index is 2300. The summed E-state index contributed by atoms with van der Waals surface area (Å²) in [5.41, 5.74) is 17.5. The number of fused-ring (bicyclic) bond motifs is 6. The second kappa shape index (κ2) is 12.6. The number of hydrogen-bond acceptors (Lipinski definition) is 3. The van der Waals surface area contributed by atoms with Crippen molar-refractivity contribution in [3.63, 3.8) is 0 Å². The molecule has 1 aliphatic heterocycles. The van der Waals surface area contributed by atoms with Gasteiger partial charge in [0.2, 0.25) is 0 Å². The molecule has 1 unspecified atom stereocenters. The lowest BCUT2D eigenvalue weighted by Gasteiger charge is -2.39. The molecular formula is C45H44N4. The summed E-state index contributed by atoms with van der Waals surface area (Å²) in [5.74, 6) is 1.07. The topological polar surface area (TPSA) is 55.0 Å². The summed E-state index contributed by atoms with van der Waals surface area (Å²) < 4.78 is 2.41. The third kappa shape index (κ3) is 4.82. The van der Waals surface area contributed by atoms with E-state index in [0.29, 0.717) is 6.54 Å². The van der Waals surface area contributed by atoms with Gasteiger partial charge in [0.15, 0.2) is 0 Å². The molecule has 0 saturated carbocycles. The Hall–Kier alpha value is -5.42. The van der Waals surface area contributed by atoms with Crippen molar-refractivity contribution in [2.75, 3.05) is 20.6 Å². The highest BCUT2D eigenvalue weighted by Gasteiger charge is 2.39. The lowest BCUT2D eigenvalue weighted by Crippen LogP contribution is -2.46. The van der Waals surface area contributed by atoms with Crippen LogP contribution in [0, 0.1) is 0 Å². The van der Waals surface area contributed by atoms with E-state index in [2.05, 4.69) is 176 Å². The number of allylic oxidation sites excluding steroid dienone is 2. The fourth-order valence-electron chi connectivity index (χ4n) is 8.16. The normalized spacial score (nSPS) is 15.5. The molecule has 4 heteroatoms.